The summed E-state index contributed by atoms with van der Waals surface area (Å²) >= 11 is 0. The van der Waals surface area contributed by atoms with Gasteiger partial charge in [-0.3, -0.25) is 9.69 Å². The van der Waals surface area contributed by atoms with Crippen molar-refractivity contribution in [1.29, 1.82) is 0 Å². The zero-order chi connectivity index (χ0) is 17.1. The van der Waals surface area contributed by atoms with E-state index in [-0.39, 0.29) is 5.91 Å². The molecule has 1 aliphatic heterocycles. The van der Waals surface area contributed by atoms with Crippen molar-refractivity contribution in [2.24, 2.45) is 0 Å². The molecule has 0 aliphatic carbocycles. The third-order valence-corrected chi connectivity index (χ3v) is 3.71. The van der Waals surface area contributed by atoms with Gasteiger partial charge in [0.05, 0.1) is 6.61 Å². The van der Waals surface area contributed by atoms with E-state index in [1.807, 2.05) is 12.1 Å². The number of hydrogen-bond donors (Lipinski definition) is 2. The molecular formula is C17H20N4O3. The van der Waals surface area contributed by atoms with Crippen LogP contribution in [0.25, 0.3) is 0 Å². The molecule has 0 fully saturated rings. The molecule has 1 aromatic carbocycles. The number of carbonyl (C=O) groups excluding carboxylic acids is 1. The number of amides is 1. The van der Waals surface area contributed by atoms with Crippen LogP contribution in [0, 0.1) is 0 Å². The summed E-state index contributed by atoms with van der Waals surface area (Å²) in [7, 11) is 0. The molecule has 0 bridgehead atoms. The van der Waals surface area contributed by atoms with E-state index in [0.29, 0.717) is 42.6 Å². The summed E-state index contributed by atoms with van der Waals surface area (Å²) in [5.74, 6) is 1.99. The molecule has 1 amide bonds. The maximum absolute atomic E-state index is 12.4. The standard InChI is InChI=1S/C17H20N4O3/c1-11-17(22)21(16-14(24-11)7-8-15(19)20-16)9-2-10-23-13-5-3-12(18)4-6-13/h3-8,11H,2,9-10,18H2,1H3,(H2,19,20). The van der Waals surface area contributed by atoms with Crippen LogP contribution in [0.2, 0.25) is 0 Å². The van der Waals surface area contributed by atoms with Gasteiger partial charge in [-0.15, -0.1) is 0 Å². The molecule has 0 radical (unpaired) electrons. The Morgan fingerprint density at radius 1 is 1.21 bits per heavy atom. The quantitative estimate of drug-likeness (QED) is 0.641. The molecule has 1 aliphatic rings. The lowest BCUT2D eigenvalue weighted by atomic mass is 10.2. The minimum absolute atomic E-state index is 0.131. The van der Waals surface area contributed by atoms with Crippen LogP contribution in [0.4, 0.5) is 17.3 Å². The highest BCUT2D eigenvalue weighted by Crippen LogP contribution is 2.32. The number of carbonyl (C=O) groups is 1. The molecule has 4 N–H and O–H groups in total. The number of nitrogens with zero attached hydrogens (tertiary/aromatic N) is 2. The molecule has 2 aromatic rings. The Labute approximate surface area is 140 Å². The SMILES string of the molecule is CC1Oc2ccc(N)nc2N(CCCOc2ccc(N)cc2)C1=O. The summed E-state index contributed by atoms with van der Waals surface area (Å²) in [6, 6.07) is 10.6. The fourth-order valence-electron chi connectivity index (χ4n) is 2.49. The van der Waals surface area contributed by atoms with Crippen LogP contribution in [-0.2, 0) is 4.79 Å². The summed E-state index contributed by atoms with van der Waals surface area (Å²) in [6.45, 7) is 2.67. The minimum atomic E-state index is -0.541. The largest absolute Gasteiger partial charge is 0.494 e. The molecule has 1 atom stereocenters. The minimum Gasteiger partial charge on any atom is -0.494 e. The van der Waals surface area contributed by atoms with Crippen molar-refractivity contribution in [2.75, 3.05) is 29.5 Å². The number of nitrogens with two attached hydrogens (primary N) is 2. The van der Waals surface area contributed by atoms with E-state index >= 15 is 0 Å². The smallest absolute Gasteiger partial charge is 0.269 e. The number of benzene rings is 1. The number of rotatable bonds is 5. The summed E-state index contributed by atoms with van der Waals surface area (Å²) in [6.07, 6.45) is 0.111. The van der Waals surface area contributed by atoms with Crippen molar-refractivity contribution >= 4 is 23.2 Å². The van der Waals surface area contributed by atoms with Gasteiger partial charge in [0, 0.05) is 12.2 Å². The van der Waals surface area contributed by atoms with E-state index in [4.69, 9.17) is 20.9 Å². The Balaban J connectivity index is 1.62. The first kappa shape index (κ1) is 15.9. The zero-order valence-corrected chi connectivity index (χ0v) is 13.4. The topological polar surface area (TPSA) is 104 Å². The molecular weight excluding hydrogens is 308 g/mol. The molecule has 3 rings (SSSR count). The average Bonchev–Trinajstić information content (AvgIpc) is 2.57. The molecule has 0 spiro atoms. The molecule has 1 aromatic heterocycles. The predicted molar refractivity (Wildman–Crippen MR) is 92.1 cm³/mol. The van der Waals surface area contributed by atoms with E-state index in [1.165, 1.54) is 0 Å². The van der Waals surface area contributed by atoms with E-state index in [9.17, 15) is 4.79 Å². The van der Waals surface area contributed by atoms with Crippen molar-refractivity contribution in [3.8, 4) is 11.5 Å². The fraction of sp³-hybridized carbons (Fsp3) is 0.294. The highest BCUT2D eigenvalue weighted by Gasteiger charge is 2.32. The average molecular weight is 328 g/mol. The number of fused-ring (bicyclic) bond motifs is 1. The van der Waals surface area contributed by atoms with Crippen LogP contribution in [0.1, 0.15) is 13.3 Å². The van der Waals surface area contributed by atoms with Crippen LogP contribution in [0.5, 0.6) is 11.5 Å². The Hall–Kier alpha value is -2.96. The molecule has 2 heterocycles. The summed E-state index contributed by atoms with van der Waals surface area (Å²) in [4.78, 5) is 18.2. The van der Waals surface area contributed by atoms with E-state index in [1.54, 1.807) is 36.1 Å². The van der Waals surface area contributed by atoms with Gasteiger partial charge < -0.3 is 20.9 Å². The molecule has 7 nitrogen and oxygen atoms in total. The zero-order valence-electron chi connectivity index (χ0n) is 13.4. The second-order valence-corrected chi connectivity index (χ2v) is 5.58. The number of ether oxygens (including phenoxy) is 2. The van der Waals surface area contributed by atoms with Gasteiger partial charge >= 0.3 is 0 Å². The Kier molecular flexibility index (Phi) is 4.41. The number of pyridine rings is 1. The molecule has 126 valence electrons. The maximum Gasteiger partial charge on any atom is 0.269 e. The van der Waals surface area contributed by atoms with Gasteiger partial charge in [-0.1, -0.05) is 0 Å². The van der Waals surface area contributed by atoms with Gasteiger partial charge in [-0.05, 0) is 49.7 Å². The first-order valence-electron chi connectivity index (χ1n) is 7.77. The normalized spacial score (nSPS) is 16.5. The summed E-state index contributed by atoms with van der Waals surface area (Å²) in [5.41, 5.74) is 12.1. The number of aromatic nitrogens is 1. The lowest BCUT2D eigenvalue weighted by Gasteiger charge is -2.32. The van der Waals surface area contributed by atoms with Crippen molar-refractivity contribution in [3.63, 3.8) is 0 Å². The van der Waals surface area contributed by atoms with Crippen molar-refractivity contribution in [2.45, 2.75) is 19.4 Å². The summed E-state index contributed by atoms with van der Waals surface area (Å²) in [5, 5.41) is 0. The number of anilines is 3. The lowest BCUT2D eigenvalue weighted by Crippen LogP contribution is -2.45. The van der Waals surface area contributed by atoms with Gasteiger partial charge in [-0.25, -0.2) is 4.98 Å². The first-order valence-corrected chi connectivity index (χ1v) is 7.77. The van der Waals surface area contributed by atoms with E-state index in [2.05, 4.69) is 4.98 Å². The second-order valence-electron chi connectivity index (χ2n) is 5.58. The van der Waals surface area contributed by atoms with Gasteiger partial charge in [0.2, 0.25) is 0 Å². The Bertz CT molecular complexity index is 733. The van der Waals surface area contributed by atoms with Crippen molar-refractivity contribution < 1.29 is 14.3 Å². The van der Waals surface area contributed by atoms with Gasteiger partial charge in [0.1, 0.15) is 11.6 Å². The highest BCUT2D eigenvalue weighted by atomic mass is 16.5. The molecule has 0 saturated heterocycles. The molecule has 24 heavy (non-hydrogen) atoms. The van der Waals surface area contributed by atoms with Gasteiger partial charge in [0.15, 0.2) is 17.7 Å². The van der Waals surface area contributed by atoms with Crippen LogP contribution >= 0.6 is 0 Å². The second kappa shape index (κ2) is 6.66. The third kappa shape index (κ3) is 3.34. The van der Waals surface area contributed by atoms with Crippen LogP contribution in [-0.4, -0.2) is 30.1 Å². The van der Waals surface area contributed by atoms with E-state index in [0.717, 1.165) is 5.75 Å². The van der Waals surface area contributed by atoms with Crippen LogP contribution in [0.15, 0.2) is 36.4 Å². The maximum atomic E-state index is 12.4. The van der Waals surface area contributed by atoms with Crippen molar-refractivity contribution in [1.82, 2.24) is 4.98 Å². The van der Waals surface area contributed by atoms with Gasteiger partial charge in [-0.2, -0.15) is 0 Å². The highest BCUT2D eigenvalue weighted by molar-refractivity contribution is 5.98. The lowest BCUT2D eigenvalue weighted by molar-refractivity contribution is -0.125. The third-order valence-electron chi connectivity index (χ3n) is 3.71. The molecule has 0 saturated carbocycles. The van der Waals surface area contributed by atoms with E-state index < -0.39 is 6.10 Å². The predicted octanol–water partition coefficient (Wildman–Crippen LogP) is 1.83. The van der Waals surface area contributed by atoms with Crippen LogP contribution in [0.3, 0.4) is 0 Å². The van der Waals surface area contributed by atoms with Crippen LogP contribution < -0.4 is 25.8 Å². The fourth-order valence-corrected chi connectivity index (χ4v) is 2.49. The number of nitrogen functional groups attached to an aromatic ring is 2. The first-order chi connectivity index (χ1) is 11.5. The monoisotopic (exact) mass is 328 g/mol. The Morgan fingerprint density at radius 2 is 1.96 bits per heavy atom. The van der Waals surface area contributed by atoms with Crippen molar-refractivity contribution in [3.05, 3.63) is 36.4 Å². The molecule has 7 heteroatoms. The molecule has 1 unspecified atom stereocenters. The van der Waals surface area contributed by atoms with Gasteiger partial charge in [0.25, 0.3) is 5.91 Å². The summed E-state index contributed by atoms with van der Waals surface area (Å²) < 4.78 is 11.2. The number of hydrogen-bond acceptors (Lipinski definition) is 6. The Morgan fingerprint density at radius 3 is 2.71 bits per heavy atom.